The predicted molar refractivity (Wildman–Crippen MR) is 341 cm³/mol. The average molecular weight is 1260 g/mol. The normalized spacial score (nSPS) is 18.3. The van der Waals surface area contributed by atoms with Gasteiger partial charge >= 0.3 is 5.97 Å². The molecule has 0 spiro atoms. The number of aliphatic hydroxyl groups excluding tert-OH is 1. The first-order valence-electron chi connectivity index (χ1n) is 32.0. The van der Waals surface area contributed by atoms with E-state index in [1.54, 1.807) is 73.7 Å². The maximum Gasteiger partial charge on any atom is 0.306 e. The number of carbonyl (C=O) groups is 9. The monoisotopic (exact) mass is 1260 g/mol. The highest BCUT2D eigenvalue weighted by atomic mass is 16.7. The highest BCUT2D eigenvalue weighted by Crippen LogP contribution is 2.30. The van der Waals surface area contributed by atoms with Gasteiger partial charge in [-0.25, -0.2) is 5.48 Å². The summed E-state index contributed by atoms with van der Waals surface area (Å²) in [5.74, 6) is -5.63. The van der Waals surface area contributed by atoms with E-state index in [-0.39, 0.29) is 86.0 Å². The number of aliphatic hydroxyl groups is 1. The van der Waals surface area contributed by atoms with E-state index in [1.807, 2.05) is 90.9 Å². The third-order valence-electron chi connectivity index (χ3n) is 17.6. The van der Waals surface area contributed by atoms with E-state index < -0.39 is 102 Å². The molecular formula is C66H106N10O14. The first kappa shape index (κ1) is 75.7. The van der Waals surface area contributed by atoms with Gasteiger partial charge in [-0.1, -0.05) is 111 Å². The number of aliphatic carboxylic acids is 1. The number of piperidine rings is 1. The summed E-state index contributed by atoms with van der Waals surface area (Å²) in [7, 11) is 8.41. The zero-order valence-corrected chi connectivity index (χ0v) is 55.9. The quantitative estimate of drug-likeness (QED) is 0.0345. The molecule has 2 aromatic rings. The molecule has 8 N–H and O–H groups in total. The molecule has 24 nitrogen and oxygen atoms in total. The summed E-state index contributed by atoms with van der Waals surface area (Å²) in [5.41, 5.74) is 4.44. The van der Waals surface area contributed by atoms with Crippen LogP contribution in [0.25, 0.3) is 0 Å². The molecule has 0 bridgehead atoms. The Morgan fingerprint density at radius 3 is 1.87 bits per heavy atom. The maximum absolute atomic E-state index is 14.6. The lowest BCUT2D eigenvalue weighted by Gasteiger charge is -2.41. The summed E-state index contributed by atoms with van der Waals surface area (Å²) >= 11 is 0. The van der Waals surface area contributed by atoms with Crippen molar-refractivity contribution in [1.29, 1.82) is 0 Å². The van der Waals surface area contributed by atoms with E-state index in [1.165, 1.54) is 14.2 Å². The molecule has 4 rings (SSSR count). The Hall–Kier alpha value is -6.73. The summed E-state index contributed by atoms with van der Waals surface area (Å²) in [6.45, 7) is 19.7. The minimum Gasteiger partial charge on any atom is -0.481 e. The Morgan fingerprint density at radius 2 is 1.31 bits per heavy atom. The molecule has 0 radical (unpaired) electrons. The van der Waals surface area contributed by atoms with Crippen molar-refractivity contribution in [2.24, 2.45) is 35.5 Å². The number of carboxylic acid groups (broad SMARTS) is 1. The molecule has 2 fully saturated rings. The minimum absolute atomic E-state index is 0.000359. The smallest absolute Gasteiger partial charge is 0.306 e. The maximum atomic E-state index is 14.6. The molecule has 24 heteroatoms. The van der Waals surface area contributed by atoms with Crippen LogP contribution in [0.15, 0.2) is 54.6 Å². The van der Waals surface area contributed by atoms with E-state index in [2.05, 4.69) is 32.1 Å². The van der Waals surface area contributed by atoms with E-state index in [0.717, 1.165) is 5.56 Å². The molecule has 0 aliphatic carbocycles. The topological polar surface area (TPSA) is 307 Å². The number of likely N-dealkylation sites (tertiary alicyclic amines) is 2. The van der Waals surface area contributed by atoms with Gasteiger partial charge in [-0.05, 0) is 100 Å². The fraction of sp³-hybridized carbons (Fsp3) is 0.682. The van der Waals surface area contributed by atoms with Crippen molar-refractivity contribution in [3.8, 4) is 0 Å². The number of anilines is 1. The summed E-state index contributed by atoms with van der Waals surface area (Å²) in [4.78, 5) is 134. The lowest BCUT2D eigenvalue weighted by molar-refractivity contribution is -0.148. The lowest BCUT2D eigenvalue weighted by atomic mass is 9.89. The van der Waals surface area contributed by atoms with Gasteiger partial charge in [0, 0.05) is 65.9 Å². The Labute approximate surface area is 533 Å². The van der Waals surface area contributed by atoms with Crippen LogP contribution in [0.3, 0.4) is 0 Å². The van der Waals surface area contributed by atoms with Crippen molar-refractivity contribution in [2.45, 2.75) is 201 Å². The number of likely N-dealkylation sites (N-methyl/N-ethyl adjacent to an activating group) is 2. The second-order valence-corrected chi connectivity index (χ2v) is 25.7. The summed E-state index contributed by atoms with van der Waals surface area (Å²) in [6, 6.07) is 10.9. The molecule has 0 saturated carbocycles. The summed E-state index contributed by atoms with van der Waals surface area (Å²) in [6.07, 6.45) is 0.444. The highest BCUT2D eigenvalue weighted by molar-refractivity contribution is 5.91. The number of rotatable bonds is 36. The van der Waals surface area contributed by atoms with Crippen LogP contribution < -0.4 is 32.1 Å². The Kier molecular flexibility index (Phi) is 31.1. The van der Waals surface area contributed by atoms with Gasteiger partial charge < -0.3 is 61.0 Å². The first-order valence-corrected chi connectivity index (χ1v) is 32.0. The fourth-order valence-corrected chi connectivity index (χ4v) is 12.1. The van der Waals surface area contributed by atoms with Gasteiger partial charge in [-0.2, -0.15) is 0 Å². The molecule has 12 atom stereocenters. The first-order chi connectivity index (χ1) is 42.5. The minimum atomic E-state index is -1.24. The molecule has 2 heterocycles. The number of benzene rings is 2. The van der Waals surface area contributed by atoms with Gasteiger partial charge in [0.25, 0.3) is 5.91 Å². The number of carbonyl (C=O) groups excluding carboxylic acids is 8. The zero-order valence-electron chi connectivity index (χ0n) is 55.9. The SMILES string of the molecule is CC[C@H](C)[C@@H]([C@@H](CC(=O)N1CCC[C@H]1[C@H](OC)[C@@H](C)C(=O)N[C@@H](Cc1ccccc1)C(=O)NOCc1ccc(NC(O)[C@@H](C)NC(=O)[C@H](NC(=O)CCCC(=O)N2CCC(C(=O)O)CC2)C(C)C)cc1)OC)N(C)C(=O)[C@@H](NC(=O)[C@H](C(C)C)N(C)C)C(C)C. The van der Waals surface area contributed by atoms with Gasteiger partial charge in [0.1, 0.15) is 24.4 Å². The van der Waals surface area contributed by atoms with Gasteiger partial charge in [0.05, 0.1) is 61.2 Å². The van der Waals surface area contributed by atoms with Crippen molar-refractivity contribution in [2.75, 3.05) is 60.3 Å². The number of nitrogens with one attached hydrogen (secondary N) is 6. The van der Waals surface area contributed by atoms with Crippen LogP contribution in [0.4, 0.5) is 5.69 Å². The molecule has 2 aliphatic rings. The molecule has 0 aromatic heterocycles. The molecule has 2 saturated heterocycles. The van der Waals surface area contributed by atoms with Crippen molar-refractivity contribution in [3.05, 3.63) is 65.7 Å². The molecule has 2 aromatic carbocycles. The summed E-state index contributed by atoms with van der Waals surface area (Å²) < 4.78 is 12.1. The van der Waals surface area contributed by atoms with Gasteiger partial charge in [-0.3, -0.25) is 52.9 Å². The third-order valence-corrected chi connectivity index (χ3v) is 17.6. The molecule has 2 aliphatic heterocycles. The van der Waals surface area contributed by atoms with Crippen LogP contribution in [0.5, 0.6) is 0 Å². The van der Waals surface area contributed by atoms with E-state index in [4.69, 9.17) is 14.3 Å². The number of nitrogens with zero attached hydrogens (tertiary/aromatic N) is 4. The number of amides is 8. The standard InChI is InChI=1S/C66H106N10O14/c1-16-42(8)58(74(13)65(85)56(40(4)5)71-64(84)57(41(6)7)73(11)12)51(88-14)37-54(79)76-33-21-24-50(76)59(89-15)43(9)60(80)69-49(36-45-22-18-17-19-23-45)62(82)72-90-38-46-27-29-48(30-28-46)68-61(81)44(10)67-63(83)55(39(2)3)70-52(77)25-20-26-53(78)75-34-31-47(32-35-75)66(86)87/h17-19,22-23,27-30,39-44,47,49-51,55-59,61,68,81H,16,20-21,24-26,31-38H2,1-15H3,(H,67,83)(H,69,80)(H,70,77)(H,71,84)(H,72,82)(H,86,87)/t42-,43+,44+,49-,50-,51+,55+,56-,57-,58-,59+,61?/m0/s1. The van der Waals surface area contributed by atoms with Crippen LogP contribution >= 0.6 is 0 Å². The molecule has 8 amide bonds. The summed E-state index contributed by atoms with van der Waals surface area (Å²) in [5, 5.41) is 34.7. The van der Waals surface area contributed by atoms with Crippen molar-refractivity contribution in [1.82, 2.24) is 46.3 Å². The van der Waals surface area contributed by atoms with Crippen molar-refractivity contribution < 1.29 is 67.7 Å². The van der Waals surface area contributed by atoms with E-state index in [0.29, 0.717) is 63.0 Å². The number of hydrogen-bond acceptors (Lipinski definition) is 15. The fourth-order valence-electron chi connectivity index (χ4n) is 12.1. The number of carboxylic acids is 1. The van der Waals surface area contributed by atoms with Crippen LogP contribution in [0, 0.1) is 35.5 Å². The van der Waals surface area contributed by atoms with E-state index >= 15 is 0 Å². The Bertz CT molecular complexity index is 2630. The van der Waals surface area contributed by atoms with Crippen LogP contribution in [0.2, 0.25) is 0 Å². The Balaban J connectivity index is 1.34. The Morgan fingerprint density at radius 1 is 0.678 bits per heavy atom. The second-order valence-electron chi connectivity index (χ2n) is 25.7. The van der Waals surface area contributed by atoms with Gasteiger partial charge in [-0.15, -0.1) is 0 Å². The van der Waals surface area contributed by atoms with Crippen molar-refractivity contribution >= 4 is 58.9 Å². The molecule has 90 heavy (non-hydrogen) atoms. The predicted octanol–water partition coefficient (Wildman–Crippen LogP) is 4.48. The molecule has 504 valence electrons. The average Bonchev–Trinajstić information content (AvgIpc) is 1.79. The molecular weight excluding hydrogens is 1160 g/mol. The lowest BCUT2D eigenvalue weighted by Crippen LogP contribution is -2.59. The number of ether oxygens (including phenoxy) is 2. The molecule has 1 unspecified atom stereocenters. The van der Waals surface area contributed by atoms with Gasteiger partial charge in [0.15, 0.2) is 0 Å². The third kappa shape index (κ3) is 22.3. The highest BCUT2D eigenvalue weighted by Gasteiger charge is 2.44. The number of methoxy groups -OCH3 is 2. The zero-order chi connectivity index (χ0) is 67.1. The van der Waals surface area contributed by atoms with E-state index in [9.17, 15) is 53.4 Å². The van der Waals surface area contributed by atoms with Crippen LogP contribution in [-0.4, -0.2) is 199 Å². The number of hydroxylamine groups is 1. The van der Waals surface area contributed by atoms with Crippen LogP contribution in [-0.2, 0) is 70.5 Å². The second kappa shape index (κ2) is 36.9. The largest absolute Gasteiger partial charge is 0.481 e. The van der Waals surface area contributed by atoms with Crippen molar-refractivity contribution in [3.63, 3.8) is 0 Å². The number of hydrogen-bond donors (Lipinski definition) is 8. The van der Waals surface area contributed by atoms with Crippen LogP contribution in [0.1, 0.15) is 138 Å². The van der Waals surface area contributed by atoms with Gasteiger partial charge in [0.2, 0.25) is 41.4 Å².